The number of halogens is 1. The van der Waals surface area contributed by atoms with Crippen molar-refractivity contribution in [2.45, 2.75) is 93.8 Å². The zero-order valence-corrected chi connectivity index (χ0v) is 23.7. The Labute approximate surface area is 238 Å². The third-order valence-corrected chi connectivity index (χ3v) is 9.42. The number of aromatic amines is 1. The van der Waals surface area contributed by atoms with Gasteiger partial charge >= 0.3 is 17.9 Å². The summed E-state index contributed by atoms with van der Waals surface area (Å²) >= 11 is 0. The Morgan fingerprint density at radius 3 is 2.20 bits per heavy atom. The summed E-state index contributed by atoms with van der Waals surface area (Å²) in [4.78, 5) is 36.6. The van der Waals surface area contributed by atoms with Crippen LogP contribution < -0.4 is 0 Å². The molecule has 0 saturated heterocycles. The van der Waals surface area contributed by atoms with E-state index in [2.05, 4.69) is 24.0 Å². The van der Waals surface area contributed by atoms with Crippen LogP contribution in [0, 0.1) is 11.7 Å². The maximum absolute atomic E-state index is 13.9. The lowest BCUT2D eigenvalue weighted by Gasteiger charge is -2.51. The van der Waals surface area contributed by atoms with Gasteiger partial charge in [-0.25, -0.2) is 9.18 Å². The Balaban J connectivity index is 0.000000254. The maximum atomic E-state index is 13.9. The van der Waals surface area contributed by atoms with E-state index >= 15 is 0 Å². The highest BCUT2D eigenvalue weighted by Gasteiger charge is 2.49. The van der Waals surface area contributed by atoms with Crippen LogP contribution in [0.15, 0.2) is 18.2 Å². The number of aromatic nitrogens is 1. The van der Waals surface area contributed by atoms with Crippen molar-refractivity contribution in [3.63, 3.8) is 0 Å². The van der Waals surface area contributed by atoms with Crippen LogP contribution >= 0.6 is 0 Å². The van der Waals surface area contributed by atoms with Crippen molar-refractivity contribution in [2.75, 3.05) is 20.7 Å². The van der Waals surface area contributed by atoms with Gasteiger partial charge in [-0.3, -0.25) is 9.59 Å². The fourth-order valence-electron chi connectivity index (χ4n) is 7.10. The predicted molar refractivity (Wildman–Crippen MR) is 148 cm³/mol. The van der Waals surface area contributed by atoms with Gasteiger partial charge in [0.2, 0.25) is 0 Å². The van der Waals surface area contributed by atoms with Gasteiger partial charge in [0.05, 0.1) is 25.1 Å². The number of fused-ring (bicyclic) bond motifs is 4. The van der Waals surface area contributed by atoms with Gasteiger partial charge in [-0.15, -0.1) is 0 Å². The highest BCUT2D eigenvalue weighted by atomic mass is 19.1. The summed E-state index contributed by atoms with van der Waals surface area (Å²) in [5.74, 6) is -4.27. The minimum absolute atomic E-state index is 0.151. The Morgan fingerprint density at radius 2 is 1.66 bits per heavy atom. The van der Waals surface area contributed by atoms with Gasteiger partial charge < -0.3 is 35.0 Å². The summed E-state index contributed by atoms with van der Waals surface area (Å²) in [5, 5.41) is 34.9. The smallest absolute Gasteiger partial charge is 0.336 e. The number of carbonyl (C=O) groups is 3. The quantitative estimate of drug-likeness (QED) is 0.309. The number of H-pyrrole nitrogens is 1. The van der Waals surface area contributed by atoms with Crippen molar-refractivity contribution >= 4 is 28.8 Å². The molecule has 2 fully saturated rings. The van der Waals surface area contributed by atoms with Gasteiger partial charge in [0, 0.05) is 16.4 Å². The number of aliphatic carboxylic acids is 3. The van der Waals surface area contributed by atoms with Crippen LogP contribution in [0.1, 0.15) is 81.9 Å². The first kappa shape index (κ1) is 30.9. The zero-order chi connectivity index (χ0) is 30.0. The molecular formula is C30H41FN2O8. The molecule has 0 atom stereocenters. The molecule has 1 spiro atoms. The number of ether oxygens (including phenoxy) is 1. The van der Waals surface area contributed by atoms with Crippen LogP contribution in [-0.2, 0) is 31.1 Å². The molecule has 10 nitrogen and oxygen atoms in total. The molecule has 1 aliphatic heterocycles. The third-order valence-electron chi connectivity index (χ3n) is 9.42. The second-order valence-corrected chi connectivity index (χ2v) is 12.2. The lowest BCUT2D eigenvalue weighted by Crippen LogP contribution is -2.52. The molecule has 5 rings (SSSR count). The number of nitrogens with one attached hydrogen (secondary N) is 1. The van der Waals surface area contributed by atoms with Crippen molar-refractivity contribution in [1.82, 2.24) is 9.88 Å². The van der Waals surface area contributed by atoms with Crippen LogP contribution in [0.3, 0.4) is 0 Å². The topological polar surface area (TPSA) is 160 Å². The zero-order valence-electron chi connectivity index (χ0n) is 23.7. The minimum Gasteiger partial charge on any atom is -0.481 e. The molecule has 2 aromatic rings. The number of carboxylic acid groups (broad SMARTS) is 3. The lowest BCUT2D eigenvalue weighted by atomic mass is 9.67. The molecule has 2 heterocycles. The molecule has 0 radical (unpaired) electrons. The first-order chi connectivity index (χ1) is 19.3. The Bertz CT molecular complexity index is 1260. The molecule has 2 saturated carbocycles. The molecule has 41 heavy (non-hydrogen) atoms. The Hall–Kier alpha value is -3.02. The molecule has 1 aromatic heterocycles. The van der Waals surface area contributed by atoms with E-state index in [1.165, 1.54) is 56.2 Å². The molecular weight excluding hydrogens is 535 g/mol. The average molecular weight is 577 g/mol. The maximum Gasteiger partial charge on any atom is 0.336 e. The molecule has 2 aliphatic carbocycles. The van der Waals surface area contributed by atoms with Gasteiger partial charge in [-0.05, 0) is 82.3 Å². The monoisotopic (exact) mass is 576 g/mol. The summed E-state index contributed by atoms with van der Waals surface area (Å²) in [5.41, 5.74) is 0.920. The fraction of sp³-hybridized carbons (Fsp3) is 0.633. The van der Waals surface area contributed by atoms with E-state index in [0.29, 0.717) is 5.54 Å². The summed E-state index contributed by atoms with van der Waals surface area (Å²) in [6.45, 7) is 0.744. The number of hydrogen-bond donors (Lipinski definition) is 5. The largest absolute Gasteiger partial charge is 0.481 e. The second-order valence-electron chi connectivity index (χ2n) is 12.2. The van der Waals surface area contributed by atoms with Gasteiger partial charge in [0.15, 0.2) is 5.60 Å². The van der Waals surface area contributed by atoms with Gasteiger partial charge in [0.1, 0.15) is 11.4 Å². The summed E-state index contributed by atoms with van der Waals surface area (Å²) in [7, 11) is 4.54. The molecule has 5 N–H and O–H groups in total. The van der Waals surface area contributed by atoms with Gasteiger partial charge in [-0.1, -0.05) is 25.7 Å². The van der Waals surface area contributed by atoms with Crippen LogP contribution in [-0.4, -0.2) is 80.1 Å². The predicted octanol–water partition coefficient (Wildman–Crippen LogP) is 4.28. The SMILES string of the molecule is CN(C)C1(CC2CCCC2)CCC2(CC1)OCCc1c2[nH]c2ccc(F)cc12.O=C(O)CC(O)(CC(=O)O)C(=O)O. The number of benzene rings is 1. The molecule has 226 valence electrons. The number of hydrogen-bond acceptors (Lipinski definition) is 6. The van der Waals surface area contributed by atoms with Crippen LogP contribution in [0.5, 0.6) is 0 Å². The molecule has 3 aliphatic rings. The first-order valence-corrected chi connectivity index (χ1v) is 14.3. The highest BCUT2D eigenvalue weighted by Crippen LogP contribution is 2.51. The average Bonchev–Trinajstić information content (AvgIpc) is 3.53. The second kappa shape index (κ2) is 12.1. The molecule has 0 amide bonds. The van der Waals surface area contributed by atoms with Crippen molar-refractivity contribution in [1.29, 1.82) is 0 Å². The number of aliphatic hydroxyl groups is 1. The van der Waals surface area contributed by atoms with Crippen molar-refractivity contribution in [2.24, 2.45) is 5.92 Å². The Kier molecular flexibility index (Phi) is 9.10. The summed E-state index contributed by atoms with van der Waals surface area (Å²) in [6, 6.07) is 5.12. The summed E-state index contributed by atoms with van der Waals surface area (Å²) < 4.78 is 20.3. The van der Waals surface area contributed by atoms with Crippen LogP contribution in [0.4, 0.5) is 4.39 Å². The van der Waals surface area contributed by atoms with E-state index in [1.54, 1.807) is 12.1 Å². The Morgan fingerprint density at radius 1 is 1.05 bits per heavy atom. The standard InChI is InChI=1S/C24H33FN2O.C6H8O7/c1-27(2)23(16-17-5-3-4-6-17)10-12-24(13-11-23)22-19(9-14-28-24)20-15-18(25)7-8-21(20)26-22;7-3(8)1-6(13,5(11)12)2-4(9)10/h7-8,15,17,26H,3-6,9-14,16H2,1-2H3;13H,1-2H2,(H,7,8)(H,9,10)(H,11,12). The van der Waals surface area contributed by atoms with E-state index in [4.69, 9.17) is 25.2 Å². The van der Waals surface area contributed by atoms with Crippen LogP contribution in [0.2, 0.25) is 0 Å². The number of rotatable bonds is 8. The number of carboxylic acids is 3. The molecule has 0 unspecified atom stereocenters. The van der Waals surface area contributed by atoms with E-state index in [9.17, 15) is 18.8 Å². The van der Waals surface area contributed by atoms with Gasteiger partial charge in [0.25, 0.3) is 0 Å². The van der Waals surface area contributed by atoms with E-state index in [0.717, 1.165) is 42.7 Å². The fourth-order valence-corrected chi connectivity index (χ4v) is 7.10. The molecule has 1 aromatic carbocycles. The molecule has 11 heteroatoms. The van der Waals surface area contributed by atoms with E-state index < -0.39 is 36.4 Å². The minimum atomic E-state index is -2.74. The van der Waals surface area contributed by atoms with Crippen molar-refractivity contribution < 1.29 is 43.9 Å². The third kappa shape index (κ3) is 6.57. The van der Waals surface area contributed by atoms with Crippen molar-refractivity contribution in [3.8, 4) is 0 Å². The van der Waals surface area contributed by atoms with E-state index in [-0.39, 0.29) is 11.4 Å². The summed E-state index contributed by atoms with van der Waals surface area (Å²) in [6.07, 6.45) is 10.0. The van der Waals surface area contributed by atoms with Gasteiger partial charge in [-0.2, -0.15) is 0 Å². The lowest BCUT2D eigenvalue weighted by molar-refractivity contribution is -0.170. The van der Waals surface area contributed by atoms with E-state index in [1.807, 2.05) is 6.07 Å². The first-order valence-electron chi connectivity index (χ1n) is 14.3. The number of nitrogens with zero attached hydrogens (tertiary/aromatic N) is 1. The highest BCUT2D eigenvalue weighted by molar-refractivity contribution is 5.88. The van der Waals surface area contributed by atoms with Crippen LogP contribution in [0.25, 0.3) is 10.9 Å². The van der Waals surface area contributed by atoms with Crippen molar-refractivity contribution in [3.05, 3.63) is 35.3 Å². The normalized spacial score (nSPS) is 24.7. The molecule has 0 bridgehead atoms.